The van der Waals surface area contributed by atoms with Gasteiger partial charge in [0.15, 0.2) is 15.5 Å². The first-order valence-electron chi connectivity index (χ1n) is 7.39. The summed E-state index contributed by atoms with van der Waals surface area (Å²) in [5.74, 6) is -0.319. The molecule has 0 unspecified atom stereocenters. The highest BCUT2D eigenvalue weighted by molar-refractivity contribution is 7.91. The molecule has 1 aliphatic rings. The van der Waals surface area contributed by atoms with Crippen LogP contribution in [0.4, 0.5) is 0 Å². The lowest BCUT2D eigenvalue weighted by molar-refractivity contribution is 0.0760. The first-order valence-corrected chi connectivity index (χ1v) is 9.11. The Morgan fingerprint density at radius 3 is 2.61 bits per heavy atom. The lowest BCUT2D eigenvalue weighted by atomic mass is 10.1. The van der Waals surface area contributed by atoms with Crippen molar-refractivity contribution in [3.63, 3.8) is 0 Å². The Morgan fingerprint density at radius 1 is 1.22 bits per heavy atom. The van der Waals surface area contributed by atoms with Crippen LogP contribution in [0.3, 0.4) is 0 Å². The van der Waals surface area contributed by atoms with Gasteiger partial charge in [-0.2, -0.15) is 0 Å². The molecule has 1 fully saturated rings. The zero-order chi connectivity index (χ0) is 16.4. The fourth-order valence-corrected chi connectivity index (χ4v) is 4.59. The standard InChI is InChI=1S/C15H18N4O3S/c1-18-11-13(16-17-18)15(20)19-8-7-14(23(21,22)10-9-19)12-5-3-2-4-6-12/h2-6,11,14H,7-10H2,1H3/t14-/m1/s1. The summed E-state index contributed by atoms with van der Waals surface area (Å²) >= 11 is 0. The van der Waals surface area contributed by atoms with E-state index in [1.54, 1.807) is 11.9 Å². The minimum absolute atomic E-state index is 0.0431. The van der Waals surface area contributed by atoms with Crippen LogP contribution in [-0.2, 0) is 16.9 Å². The Labute approximate surface area is 134 Å². The highest BCUT2D eigenvalue weighted by Crippen LogP contribution is 2.29. The second kappa shape index (κ2) is 6.11. The van der Waals surface area contributed by atoms with Gasteiger partial charge in [-0.1, -0.05) is 35.5 Å². The molecule has 7 nitrogen and oxygen atoms in total. The molecule has 8 heteroatoms. The van der Waals surface area contributed by atoms with Gasteiger partial charge in [0.2, 0.25) is 0 Å². The maximum absolute atomic E-state index is 12.5. The van der Waals surface area contributed by atoms with Gasteiger partial charge in [-0.3, -0.25) is 9.48 Å². The number of amides is 1. The molecule has 23 heavy (non-hydrogen) atoms. The van der Waals surface area contributed by atoms with Gasteiger partial charge in [-0.05, 0) is 12.0 Å². The van der Waals surface area contributed by atoms with Crippen molar-refractivity contribution in [3.8, 4) is 0 Å². The van der Waals surface area contributed by atoms with Crippen molar-refractivity contribution in [1.82, 2.24) is 19.9 Å². The van der Waals surface area contributed by atoms with E-state index in [1.807, 2.05) is 30.3 Å². The Bertz CT molecular complexity index is 801. The number of carbonyl (C=O) groups is 1. The molecule has 1 aromatic carbocycles. The minimum Gasteiger partial charge on any atom is -0.336 e. The van der Waals surface area contributed by atoms with Crippen molar-refractivity contribution in [3.05, 3.63) is 47.8 Å². The highest BCUT2D eigenvalue weighted by Gasteiger charge is 2.33. The second-order valence-electron chi connectivity index (χ2n) is 5.62. The van der Waals surface area contributed by atoms with Crippen LogP contribution in [0.5, 0.6) is 0 Å². The Balaban J connectivity index is 1.81. The lowest BCUT2D eigenvalue weighted by Crippen LogP contribution is -2.33. The summed E-state index contributed by atoms with van der Waals surface area (Å²) < 4.78 is 26.5. The number of aromatic nitrogens is 3. The summed E-state index contributed by atoms with van der Waals surface area (Å²) in [7, 11) is -1.61. The Morgan fingerprint density at radius 2 is 1.96 bits per heavy atom. The van der Waals surface area contributed by atoms with E-state index in [0.717, 1.165) is 5.56 Å². The maximum atomic E-state index is 12.5. The summed E-state index contributed by atoms with van der Waals surface area (Å²) in [4.78, 5) is 14.0. The average molecular weight is 334 g/mol. The molecule has 2 heterocycles. The normalized spacial score (nSPS) is 20.9. The molecule has 1 saturated heterocycles. The quantitative estimate of drug-likeness (QED) is 0.811. The van der Waals surface area contributed by atoms with Crippen LogP contribution in [0, 0.1) is 0 Å². The van der Waals surface area contributed by atoms with E-state index in [4.69, 9.17) is 0 Å². The fraction of sp³-hybridized carbons (Fsp3) is 0.400. The van der Waals surface area contributed by atoms with E-state index < -0.39 is 15.1 Å². The number of hydrogen-bond acceptors (Lipinski definition) is 5. The fourth-order valence-electron chi connectivity index (χ4n) is 2.80. The lowest BCUT2D eigenvalue weighted by Gasteiger charge is -2.18. The predicted octanol–water partition coefficient (Wildman–Crippen LogP) is 0.817. The maximum Gasteiger partial charge on any atom is 0.276 e. The van der Waals surface area contributed by atoms with Gasteiger partial charge in [0.05, 0.1) is 17.2 Å². The molecular formula is C15H18N4O3S. The van der Waals surface area contributed by atoms with Crippen molar-refractivity contribution in [2.75, 3.05) is 18.8 Å². The number of benzene rings is 1. The molecule has 2 aromatic rings. The predicted molar refractivity (Wildman–Crippen MR) is 84.5 cm³/mol. The van der Waals surface area contributed by atoms with Crippen molar-refractivity contribution >= 4 is 15.7 Å². The Hall–Kier alpha value is -2.22. The molecule has 0 spiro atoms. The van der Waals surface area contributed by atoms with Gasteiger partial charge in [-0.15, -0.1) is 5.10 Å². The Kier molecular flexibility index (Phi) is 4.16. The summed E-state index contributed by atoms with van der Waals surface area (Å²) in [6.45, 7) is 0.565. The molecule has 122 valence electrons. The molecule has 0 N–H and O–H groups in total. The molecule has 1 aliphatic heterocycles. The largest absolute Gasteiger partial charge is 0.336 e. The van der Waals surface area contributed by atoms with Crippen LogP contribution in [0.1, 0.15) is 27.7 Å². The van der Waals surface area contributed by atoms with Crippen molar-refractivity contribution in [2.45, 2.75) is 11.7 Å². The molecule has 3 rings (SSSR count). The van der Waals surface area contributed by atoms with E-state index in [-0.39, 0.29) is 23.9 Å². The number of rotatable bonds is 2. The van der Waals surface area contributed by atoms with E-state index >= 15 is 0 Å². The third-order valence-corrected chi connectivity index (χ3v) is 6.15. The van der Waals surface area contributed by atoms with Gasteiger partial charge in [0.25, 0.3) is 5.91 Å². The van der Waals surface area contributed by atoms with E-state index in [9.17, 15) is 13.2 Å². The van der Waals surface area contributed by atoms with Gasteiger partial charge in [0, 0.05) is 20.1 Å². The van der Waals surface area contributed by atoms with Gasteiger partial charge < -0.3 is 4.90 Å². The summed E-state index contributed by atoms with van der Waals surface area (Å²) in [5.41, 5.74) is 1.02. The molecule has 1 atom stereocenters. The van der Waals surface area contributed by atoms with E-state index in [2.05, 4.69) is 10.3 Å². The third kappa shape index (κ3) is 3.26. The van der Waals surface area contributed by atoms with Crippen LogP contribution >= 0.6 is 0 Å². The molecule has 0 aliphatic carbocycles. The third-order valence-electron chi connectivity index (χ3n) is 4.02. The van der Waals surface area contributed by atoms with Gasteiger partial charge in [-0.25, -0.2) is 8.42 Å². The number of nitrogens with zero attached hydrogens (tertiary/aromatic N) is 4. The van der Waals surface area contributed by atoms with Crippen LogP contribution in [-0.4, -0.2) is 53.1 Å². The summed E-state index contributed by atoms with van der Waals surface area (Å²) in [5, 5.41) is 6.99. The number of sulfone groups is 1. The zero-order valence-electron chi connectivity index (χ0n) is 12.8. The average Bonchev–Trinajstić information content (AvgIpc) is 2.90. The van der Waals surface area contributed by atoms with Crippen LogP contribution in [0.25, 0.3) is 0 Å². The number of hydrogen-bond donors (Lipinski definition) is 0. The molecule has 0 radical (unpaired) electrons. The second-order valence-corrected chi connectivity index (χ2v) is 7.93. The molecule has 1 aromatic heterocycles. The smallest absolute Gasteiger partial charge is 0.276 e. The van der Waals surface area contributed by atoms with Crippen molar-refractivity contribution in [2.24, 2.45) is 7.05 Å². The monoisotopic (exact) mass is 334 g/mol. The number of aryl methyl sites for hydroxylation is 1. The molecule has 0 bridgehead atoms. The SMILES string of the molecule is Cn1cc(C(=O)N2CC[C@H](c3ccccc3)S(=O)(=O)CC2)nn1. The summed E-state index contributed by atoms with van der Waals surface area (Å²) in [6, 6.07) is 9.16. The van der Waals surface area contributed by atoms with Gasteiger partial charge in [0.1, 0.15) is 0 Å². The van der Waals surface area contributed by atoms with Crippen molar-refractivity contribution < 1.29 is 13.2 Å². The van der Waals surface area contributed by atoms with E-state index in [0.29, 0.717) is 13.0 Å². The van der Waals surface area contributed by atoms with E-state index in [1.165, 1.54) is 10.9 Å². The van der Waals surface area contributed by atoms with Crippen molar-refractivity contribution in [1.29, 1.82) is 0 Å². The first kappa shape index (κ1) is 15.7. The molecule has 1 amide bonds. The first-order chi connectivity index (χ1) is 11.0. The topological polar surface area (TPSA) is 85.2 Å². The number of carbonyl (C=O) groups excluding carboxylic acids is 1. The van der Waals surface area contributed by atoms with Gasteiger partial charge >= 0.3 is 0 Å². The molecular weight excluding hydrogens is 316 g/mol. The minimum atomic E-state index is -3.29. The summed E-state index contributed by atoms with van der Waals surface area (Å²) in [6.07, 6.45) is 1.93. The van der Waals surface area contributed by atoms with Crippen LogP contribution in [0.15, 0.2) is 36.5 Å². The van der Waals surface area contributed by atoms with Crippen LogP contribution in [0.2, 0.25) is 0 Å². The highest BCUT2D eigenvalue weighted by atomic mass is 32.2. The molecule has 0 saturated carbocycles. The zero-order valence-corrected chi connectivity index (χ0v) is 13.6. The van der Waals surface area contributed by atoms with Crippen LogP contribution < -0.4 is 0 Å².